The first-order valence-corrected chi connectivity index (χ1v) is 10.5. The zero-order valence-corrected chi connectivity index (χ0v) is 15.7. The molecule has 3 rings (SSSR count). The summed E-state index contributed by atoms with van der Waals surface area (Å²) >= 11 is 0. The van der Waals surface area contributed by atoms with Crippen LogP contribution in [-0.4, -0.2) is 79.7 Å². The molecule has 1 amide bonds. The van der Waals surface area contributed by atoms with Gasteiger partial charge in [-0.2, -0.15) is 0 Å². The summed E-state index contributed by atoms with van der Waals surface area (Å²) in [6, 6.07) is 0.115. The molecule has 0 bridgehead atoms. The van der Waals surface area contributed by atoms with Crippen molar-refractivity contribution in [3.63, 3.8) is 0 Å². The van der Waals surface area contributed by atoms with Crippen LogP contribution >= 0.6 is 0 Å². The Morgan fingerprint density at radius 3 is 2.72 bits per heavy atom. The van der Waals surface area contributed by atoms with Gasteiger partial charge in [0.2, 0.25) is 5.91 Å². The van der Waals surface area contributed by atoms with Crippen molar-refractivity contribution in [3.8, 4) is 0 Å². The van der Waals surface area contributed by atoms with Crippen LogP contribution in [0.3, 0.4) is 0 Å². The van der Waals surface area contributed by atoms with E-state index in [1.165, 1.54) is 0 Å². The molecule has 1 aromatic rings. The lowest BCUT2D eigenvalue weighted by Crippen LogP contribution is -2.50. The highest BCUT2D eigenvalue weighted by molar-refractivity contribution is 7.90. The third kappa shape index (κ3) is 4.21. The van der Waals surface area contributed by atoms with Crippen molar-refractivity contribution in [1.82, 2.24) is 15.0 Å². The van der Waals surface area contributed by atoms with Crippen molar-refractivity contribution in [2.75, 3.05) is 38.2 Å². The fourth-order valence-electron chi connectivity index (χ4n) is 3.52. The van der Waals surface area contributed by atoms with Gasteiger partial charge in [0.25, 0.3) is 0 Å². The van der Waals surface area contributed by atoms with Crippen molar-refractivity contribution in [2.45, 2.75) is 39.0 Å². The summed E-state index contributed by atoms with van der Waals surface area (Å²) in [5.41, 5.74) is 1.97. The molecular weight excluding hydrogens is 346 g/mol. The minimum absolute atomic E-state index is 0.0299. The Kier molecular flexibility index (Phi) is 5.17. The van der Waals surface area contributed by atoms with E-state index in [0.29, 0.717) is 19.7 Å². The average molecular weight is 371 g/mol. The lowest BCUT2D eigenvalue weighted by Gasteiger charge is -2.36. The Morgan fingerprint density at radius 1 is 1.32 bits per heavy atom. The second-order valence-electron chi connectivity index (χ2n) is 6.93. The molecule has 8 nitrogen and oxygen atoms in total. The van der Waals surface area contributed by atoms with E-state index in [1.54, 1.807) is 4.90 Å². The van der Waals surface area contributed by atoms with Crippen molar-refractivity contribution in [3.05, 3.63) is 17.0 Å². The van der Waals surface area contributed by atoms with E-state index in [-0.39, 0.29) is 30.2 Å². The van der Waals surface area contributed by atoms with Gasteiger partial charge in [0.05, 0.1) is 30.2 Å². The van der Waals surface area contributed by atoms with Crippen molar-refractivity contribution in [2.24, 2.45) is 0 Å². The molecule has 2 atom stereocenters. The van der Waals surface area contributed by atoms with E-state index in [2.05, 4.69) is 10.1 Å². The number of rotatable bonds is 5. The quantitative estimate of drug-likeness (QED) is 0.727. The summed E-state index contributed by atoms with van der Waals surface area (Å²) in [5.74, 6) is 0.585. The molecule has 2 unspecified atom stereocenters. The number of ether oxygens (including phenoxy) is 1. The topological polar surface area (TPSA) is 92.9 Å². The van der Waals surface area contributed by atoms with Crippen molar-refractivity contribution in [1.29, 1.82) is 0 Å². The summed E-state index contributed by atoms with van der Waals surface area (Å²) in [6.45, 7) is 7.05. The van der Waals surface area contributed by atoms with E-state index in [9.17, 15) is 13.2 Å². The Bertz CT molecular complexity index is 725. The Hall–Kier alpha value is -1.45. The Labute approximate surface area is 148 Å². The van der Waals surface area contributed by atoms with Crippen LogP contribution in [0.5, 0.6) is 0 Å². The molecule has 2 aliphatic rings. The SMILES string of the molecule is Cc1noc(C)c1CN1CCOC2CN(C(=O)CCS(C)(=O)=O)CC21. The van der Waals surface area contributed by atoms with Crippen LogP contribution in [0.1, 0.15) is 23.4 Å². The molecular formula is C16H25N3O5S. The number of carbonyl (C=O) groups excluding carboxylic acids is 1. The molecule has 2 aliphatic heterocycles. The first kappa shape index (κ1) is 18.3. The molecule has 140 valence electrons. The number of hydrogen-bond donors (Lipinski definition) is 0. The summed E-state index contributed by atoms with van der Waals surface area (Å²) in [5, 5.41) is 4.00. The largest absolute Gasteiger partial charge is 0.373 e. The highest BCUT2D eigenvalue weighted by atomic mass is 32.2. The maximum atomic E-state index is 12.3. The molecule has 1 aromatic heterocycles. The lowest BCUT2D eigenvalue weighted by atomic mass is 10.1. The molecule has 9 heteroatoms. The first-order chi connectivity index (χ1) is 11.7. The van der Waals surface area contributed by atoms with Crippen LogP contribution in [0.25, 0.3) is 0 Å². The van der Waals surface area contributed by atoms with E-state index >= 15 is 0 Å². The van der Waals surface area contributed by atoms with Gasteiger partial charge in [-0.25, -0.2) is 8.42 Å². The number of carbonyl (C=O) groups is 1. The van der Waals surface area contributed by atoms with Gasteiger partial charge < -0.3 is 14.2 Å². The standard InChI is InChI=1S/C16H25N3O5S/c1-11-13(12(2)24-17-11)8-18-5-6-23-15-10-19(9-14(15)18)16(20)4-7-25(3,21)22/h14-15H,4-10H2,1-3H3. The second kappa shape index (κ2) is 7.05. The van der Waals surface area contributed by atoms with Crippen LogP contribution in [0.2, 0.25) is 0 Å². The third-order valence-corrected chi connectivity index (χ3v) is 5.94. The first-order valence-electron chi connectivity index (χ1n) is 8.47. The van der Waals surface area contributed by atoms with E-state index in [0.717, 1.165) is 36.4 Å². The Balaban J connectivity index is 1.65. The van der Waals surface area contributed by atoms with Gasteiger partial charge in [0, 0.05) is 44.4 Å². The number of nitrogens with zero attached hydrogens (tertiary/aromatic N) is 3. The molecule has 0 radical (unpaired) electrons. The molecule has 2 saturated heterocycles. The maximum absolute atomic E-state index is 12.3. The van der Waals surface area contributed by atoms with Gasteiger partial charge in [-0.1, -0.05) is 5.16 Å². The van der Waals surface area contributed by atoms with Crippen molar-refractivity contribution < 1.29 is 22.5 Å². The van der Waals surface area contributed by atoms with Gasteiger partial charge in [-0.3, -0.25) is 9.69 Å². The Morgan fingerprint density at radius 2 is 2.08 bits per heavy atom. The van der Waals surface area contributed by atoms with Crippen LogP contribution in [0.4, 0.5) is 0 Å². The van der Waals surface area contributed by atoms with Crippen LogP contribution in [0.15, 0.2) is 4.52 Å². The fraction of sp³-hybridized carbons (Fsp3) is 0.750. The molecule has 25 heavy (non-hydrogen) atoms. The van der Waals surface area contributed by atoms with Crippen molar-refractivity contribution >= 4 is 15.7 Å². The van der Waals surface area contributed by atoms with Gasteiger partial charge in [0.1, 0.15) is 15.6 Å². The molecule has 0 spiro atoms. The number of fused-ring (bicyclic) bond motifs is 1. The number of sulfone groups is 1. The van der Waals surface area contributed by atoms with E-state index in [4.69, 9.17) is 9.26 Å². The fourth-order valence-corrected chi connectivity index (χ4v) is 4.07. The maximum Gasteiger partial charge on any atom is 0.223 e. The summed E-state index contributed by atoms with van der Waals surface area (Å²) < 4.78 is 33.6. The lowest BCUT2D eigenvalue weighted by molar-refractivity contribution is -0.130. The number of likely N-dealkylation sites (tertiary alicyclic amines) is 1. The van der Waals surface area contributed by atoms with Crippen LogP contribution in [0, 0.1) is 13.8 Å². The number of aryl methyl sites for hydroxylation is 2. The average Bonchev–Trinajstić information content (AvgIpc) is 3.11. The van der Waals surface area contributed by atoms with E-state index < -0.39 is 9.84 Å². The predicted octanol–water partition coefficient (Wildman–Crippen LogP) is 0.138. The number of morpholine rings is 1. The van der Waals surface area contributed by atoms with Gasteiger partial charge in [0.15, 0.2) is 0 Å². The minimum atomic E-state index is -3.14. The normalized spacial score (nSPS) is 24.5. The molecule has 0 aromatic carbocycles. The third-order valence-electron chi connectivity index (χ3n) is 5.00. The highest BCUT2D eigenvalue weighted by Crippen LogP contribution is 2.26. The number of amides is 1. The molecule has 3 heterocycles. The molecule has 0 N–H and O–H groups in total. The minimum Gasteiger partial charge on any atom is -0.373 e. The van der Waals surface area contributed by atoms with Gasteiger partial charge in [-0.05, 0) is 13.8 Å². The smallest absolute Gasteiger partial charge is 0.223 e. The molecule has 2 fully saturated rings. The number of aromatic nitrogens is 1. The summed E-state index contributed by atoms with van der Waals surface area (Å²) in [6.07, 6.45) is 1.15. The van der Waals surface area contributed by atoms with Gasteiger partial charge >= 0.3 is 0 Å². The zero-order chi connectivity index (χ0) is 18.2. The number of hydrogen-bond acceptors (Lipinski definition) is 7. The predicted molar refractivity (Wildman–Crippen MR) is 90.8 cm³/mol. The highest BCUT2D eigenvalue weighted by Gasteiger charge is 2.42. The monoisotopic (exact) mass is 371 g/mol. The molecule has 0 aliphatic carbocycles. The van der Waals surface area contributed by atoms with Crippen LogP contribution in [-0.2, 0) is 25.9 Å². The van der Waals surface area contributed by atoms with Gasteiger partial charge in [-0.15, -0.1) is 0 Å². The zero-order valence-electron chi connectivity index (χ0n) is 14.9. The summed E-state index contributed by atoms with van der Waals surface area (Å²) in [7, 11) is -3.14. The second-order valence-corrected chi connectivity index (χ2v) is 9.19. The van der Waals surface area contributed by atoms with E-state index in [1.807, 2.05) is 13.8 Å². The van der Waals surface area contributed by atoms with Crippen LogP contribution < -0.4 is 0 Å². The molecule has 0 saturated carbocycles. The summed E-state index contributed by atoms with van der Waals surface area (Å²) in [4.78, 5) is 16.4.